The third-order valence-corrected chi connectivity index (χ3v) is 3.41. The van der Waals surface area contributed by atoms with Gasteiger partial charge in [-0.2, -0.15) is 0 Å². The zero-order valence-electron chi connectivity index (χ0n) is 12.5. The van der Waals surface area contributed by atoms with Crippen molar-refractivity contribution in [2.24, 2.45) is 0 Å². The van der Waals surface area contributed by atoms with Crippen LogP contribution in [0.1, 0.15) is 5.69 Å². The van der Waals surface area contributed by atoms with Crippen LogP contribution in [-0.2, 0) is 6.54 Å². The molecule has 3 rings (SSSR count). The lowest BCUT2D eigenvalue weighted by Gasteiger charge is -2.08. The summed E-state index contributed by atoms with van der Waals surface area (Å²) in [6.07, 6.45) is 1.54. The summed E-state index contributed by atoms with van der Waals surface area (Å²) in [5.74, 6) is 1.52. The molecule has 0 fully saturated rings. The molecule has 1 aromatic carbocycles. The standard InChI is InChI=1S/C16H17N3O3/c1-11-9-14-15(18-11)17-10-19(16(14)20)7-8-22-13-5-3-12(21-2)4-6-13/h3-6,9-10,18H,7-8H2,1-2H3. The maximum absolute atomic E-state index is 12.3. The maximum Gasteiger partial charge on any atom is 0.262 e. The van der Waals surface area contributed by atoms with Gasteiger partial charge in [0.05, 0.1) is 19.0 Å². The molecule has 0 aliphatic rings. The third kappa shape index (κ3) is 2.81. The van der Waals surface area contributed by atoms with Gasteiger partial charge in [0.2, 0.25) is 0 Å². The van der Waals surface area contributed by atoms with Crippen molar-refractivity contribution >= 4 is 11.0 Å². The molecule has 3 aromatic rings. The van der Waals surface area contributed by atoms with Gasteiger partial charge in [0.25, 0.3) is 5.56 Å². The van der Waals surface area contributed by atoms with E-state index in [4.69, 9.17) is 9.47 Å². The van der Waals surface area contributed by atoms with Crippen LogP contribution in [0, 0.1) is 6.92 Å². The number of nitrogens with one attached hydrogen (secondary N) is 1. The minimum absolute atomic E-state index is 0.0623. The SMILES string of the molecule is COc1ccc(OCCn2cnc3[nH]c(C)cc3c2=O)cc1. The average molecular weight is 299 g/mol. The Kier molecular flexibility index (Phi) is 3.82. The van der Waals surface area contributed by atoms with Crippen LogP contribution < -0.4 is 15.0 Å². The monoisotopic (exact) mass is 299 g/mol. The van der Waals surface area contributed by atoms with Crippen molar-refractivity contribution in [3.05, 3.63) is 52.7 Å². The molecule has 0 amide bonds. The maximum atomic E-state index is 12.3. The van der Waals surface area contributed by atoms with Gasteiger partial charge in [-0.15, -0.1) is 0 Å². The Labute approximate surface area is 127 Å². The van der Waals surface area contributed by atoms with Gasteiger partial charge < -0.3 is 14.5 Å². The summed E-state index contributed by atoms with van der Waals surface area (Å²) in [7, 11) is 1.62. The summed E-state index contributed by atoms with van der Waals surface area (Å²) in [5, 5.41) is 0.601. The van der Waals surface area contributed by atoms with Crippen molar-refractivity contribution in [1.29, 1.82) is 0 Å². The smallest absolute Gasteiger partial charge is 0.262 e. The lowest BCUT2D eigenvalue weighted by Crippen LogP contribution is -2.23. The number of rotatable bonds is 5. The van der Waals surface area contributed by atoms with E-state index in [1.54, 1.807) is 11.7 Å². The van der Waals surface area contributed by atoms with Crippen LogP contribution in [0.2, 0.25) is 0 Å². The molecule has 1 N–H and O–H groups in total. The molecule has 0 aliphatic carbocycles. The highest BCUT2D eigenvalue weighted by atomic mass is 16.5. The minimum Gasteiger partial charge on any atom is -0.497 e. The van der Waals surface area contributed by atoms with Crippen LogP contribution in [0.15, 0.2) is 41.5 Å². The van der Waals surface area contributed by atoms with E-state index >= 15 is 0 Å². The van der Waals surface area contributed by atoms with Gasteiger partial charge in [0.15, 0.2) is 0 Å². The Morgan fingerprint density at radius 2 is 1.95 bits per heavy atom. The summed E-state index contributed by atoms with van der Waals surface area (Å²) in [4.78, 5) is 19.6. The second-order valence-electron chi connectivity index (χ2n) is 4.98. The van der Waals surface area contributed by atoms with Crippen LogP contribution in [0.4, 0.5) is 0 Å². The Hall–Kier alpha value is -2.76. The van der Waals surface area contributed by atoms with Gasteiger partial charge in [0, 0.05) is 5.69 Å². The Balaban J connectivity index is 1.68. The predicted octanol–water partition coefficient (Wildman–Crippen LogP) is 2.12. The number of aromatic amines is 1. The zero-order chi connectivity index (χ0) is 15.5. The summed E-state index contributed by atoms with van der Waals surface area (Å²) in [6.45, 7) is 2.74. The van der Waals surface area contributed by atoms with Crippen molar-refractivity contribution < 1.29 is 9.47 Å². The number of aryl methyl sites for hydroxylation is 1. The second-order valence-corrected chi connectivity index (χ2v) is 4.98. The van der Waals surface area contributed by atoms with E-state index in [9.17, 15) is 4.79 Å². The molecule has 0 saturated heterocycles. The van der Waals surface area contributed by atoms with Crippen LogP contribution in [-0.4, -0.2) is 28.3 Å². The summed E-state index contributed by atoms with van der Waals surface area (Å²) in [5.41, 5.74) is 1.48. The van der Waals surface area contributed by atoms with Crippen molar-refractivity contribution in [2.45, 2.75) is 13.5 Å². The van der Waals surface area contributed by atoms with E-state index < -0.39 is 0 Å². The van der Waals surface area contributed by atoms with Crippen molar-refractivity contribution in [3.63, 3.8) is 0 Å². The van der Waals surface area contributed by atoms with Gasteiger partial charge >= 0.3 is 0 Å². The summed E-state index contributed by atoms with van der Waals surface area (Å²) in [6, 6.07) is 9.14. The summed E-state index contributed by atoms with van der Waals surface area (Å²) >= 11 is 0. The summed E-state index contributed by atoms with van der Waals surface area (Å²) < 4.78 is 12.3. The number of methoxy groups -OCH3 is 1. The number of benzene rings is 1. The van der Waals surface area contributed by atoms with Gasteiger partial charge in [-0.1, -0.05) is 0 Å². The normalized spacial score (nSPS) is 10.8. The first-order chi connectivity index (χ1) is 10.7. The van der Waals surface area contributed by atoms with E-state index in [1.807, 2.05) is 37.3 Å². The quantitative estimate of drug-likeness (QED) is 0.783. The highest BCUT2D eigenvalue weighted by Gasteiger charge is 2.06. The molecular formula is C16H17N3O3. The first-order valence-corrected chi connectivity index (χ1v) is 6.99. The van der Waals surface area contributed by atoms with Crippen LogP contribution in [0.3, 0.4) is 0 Å². The molecule has 6 heteroatoms. The molecule has 0 spiro atoms. The van der Waals surface area contributed by atoms with Gasteiger partial charge in [-0.25, -0.2) is 4.98 Å². The van der Waals surface area contributed by atoms with E-state index in [1.165, 1.54) is 6.33 Å². The largest absolute Gasteiger partial charge is 0.497 e. The number of hydrogen-bond acceptors (Lipinski definition) is 4. The fourth-order valence-electron chi connectivity index (χ4n) is 2.27. The third-order valence-electron chi connectivity index (χ3n) is 3.41. The Bertz CT molecular complexity index is 834. The molecule has 0 radical (unpaired) electrons. The van der Waals surface area contributed by atoms with Crippen molar-refractivity contribution in [1.82, 2.24) is 14.5 Å². The fraction of sp³-hybridized carbons (Fsp3) is 0.250. The average Bonchev–Trinajstić information content (AvgIpc) is 2.92. The molecular weight excluding hydrogens is 282 g/mol. The van der Waals surface area contributed by atoms with Crippen LogP contribution in [0.25, 0.3) is 11.0 Å². The molecule has 114 valence electrons. The Morgan fingerprint density at radius 3 is 2.68 bits per heavy atom. The lowest BCUT2D eigenvalue weighted by molar-refractivity contribution is 0.295. The first-order valence-electron chi connectivity index (χ1n) is 6.99. The van der Waals surface area contributed by atoms with Crippen LogP contribution >= 0.6 is 0 Å². The van der Waals surface area contributed by atoms with Gasteiger partial charge in [0.1, 0.15) is 30.1 Å². The molecule has 2 aromatic heterocycles. The van der Waals surface area contributed by atoms with E-state index in [2.05, 4.69) is 9.97 Å². The molecule has 22 heavy (non-hydrogen) atoms. The zero-order valence-corrected chi connectivity index (χ0v) is 12.5. The van der Waals surface area contributed by atoms with Crippen LogP contribution in [0.5, 0.6) is 11.5 Å². The number of aromatic nitrogens is 3. The number of nitrogens with zero attached hydrogens (tertiary/aromatic N) is 2. The molecule has 0 saturated carbocycles. The van der Waals surface area contributed by atoms with Gasteiger partial charge in [-0.05, 0) is 37.3 Å². The first kappa shape index (κ1) is 14.2. The van der Waals surface area contributed by atoms with Gasteiger partial charge in [-0.3, -0.25) is 9.36 Å². The fourth-order valence-corrected chi connectivity index (χ4v) is 2.27. The second kappa shape index (κ2) is 5.93. The molecule has 0 atom stereocenters. The number of H-pyrrole nitrogens is 1. The highest BCUT2D eigenvalue weighted by molar-refractivity contribution is 5.74. The molecule has 0 bridgehead atoms. The number of fused-ring (bicyclic) bond motifs is 1. The van der Waals surface area contributed by atoms with E-state index in [0.717, 1.165) is 17.2 Å². The highest BCUT2D eigenvalue weighted by Crippen LogP contribution is 2.16. The molecule has 2 heterocycles. The number of hydrogen-bond donors (Lipinski definition) is 1. The molecule has 6 nitrogen and oxygen atoms in total. The minimum atomic E-state index is -0.0623. The Morgan fingerprint density at radius 1 is 1.23 bits per heavy atom. The predicted molar refractivity (Wildman–Crippen MR) is 83.6 cm³/mol. The topological polar surface area (TPSA) is 69.1 Å². The van der Waals surface area contributed by atoms with Crippen molar-refractivity contribution in [3.8, 4) is 11.5 Å². The molecule has 0 aliphatic heterocycles. The lowest BCUT2D eigenvalue weighted by atomic mass is 10.3. The van der Waals surface area contributed by atoms with Crippen molar-refractivity contribution in [2.75, 3.05) is 13.7 Å². The number of ether oxygens (including phenoxy) is 2. The van der Waals surface area contributed by atoms with E-state index in [-0.39, 0.29) is 5.56 Å². The van der Waals surface area contributed by atoms with E-state index in [0.29, 0.717) is 24.2 Å². The molecule has 0 unspecified atom stereocenters.